The number of pyridine rings is 1. The van der Waals surface area contributed by atoms with Crippen LogP contribution in [0.2, 0.25) is 0 Å². The predicted octanol–water partition coefficient (Wildman–Crippen LogP) is 2.30. The summed E-state index contributed by atoms with van der Waals surface area (Å²) in [5.74, 6) is -4.48. The Morgan fingerprint density at radius 1 is 1.53 bits per heavy atom. The van der Waals surface area contributed by atoms with Gasteiger partial charge >= 0.3 is 12.3 Å². The number of nitrogens with one attached hydrogen (secondary N) is 1. The Balaban J connectivity index is 2.70. The lowest BCUT2D eigenvalue weighted by Gasteiger charge is -2.15. The summed E-state index contributed by atoms with van der Waals surface area (Å²) in [5, 5.41) is 12.3. The minimum absolute atomic E-state index is 0.264. The first-order valence-electron chi connectivity index (χ1n) is 4.33. The molecule has 0 aliphatic carbocycles. The van der Waals surface area contributed by atoms with Crippen molar-refractivity contribution >= 4 is 11.5 Å². The number of halogens is 4. The zero-order valence-electron chi connectivity index (χ0n) is 8.24. The molecule has 0 unspecified atom stereocenters. The second-order valence-electron chi connectivity index (χ2n) is 3.07. The van der Waals surface area contributed by atoms with Crippen LogP contribution in [0.1, 0.15) is 0 Å². The standard InChI is InChI=1S/C8H7F4N3O2/c9-7(10)8(11,12)4-14-6-3-5(15(16)17)1-2-13-6/h1-3,7H,4H2,(H,13,14). The van der Waals surface area contributed by atoms with E-state index in [-0.39, 0.29) is 11.5 Å². The summed E-state index contributed by atoms with van der Waals surface area (Å²) in [6.07, 6.45) is -2.80. The molecular formula is C8H7F4N3O2. The van der Waals surface area contributed by atoms with Crippen LogP contribution in [0.5, 0.6) is 0 Å². The van der Waals surface area contributed by atoms with E-state index in [1.807, 2.05) is 5.32 Å². The van der Waals surface area contributed by atoms with Gasteiger partial charge in [0.1, 0.15) is 5.82 Å². The van der Waals surface area contributed by atoms with Gasteiger partial charge in [0, 0.05) is 12.3 Å². The van der Waals surface area contributed by atoms with Gasteiger partial charge in [0.2, 0.25) is 0 Å². The fourth-order valence-corrected chi connectivity index (χ4v) is 0.915. The second-order valence-corrected chi connectivity index (χ2v) is 3.07. The van der Waals surface area contributed by atoms with Crippen LogP contribution in [0.25, 0.3) is 0 Å². The Morgan fingerprint density at radius 2 is 2.18 bits per heavy atom. The first-order valence-corrected chi connectivity index (χ1v) is 4.33. The van der Waals surface area contributed by atoms with E-state index in [4.69, 9.17) is 0 Å². The van der Waals surface area contributed by atoms with E-state index in [9.17, 15) is 27.7 Å². The molecule has 1 N–H and O–H groups in total. The Labute approximate surface area is 92.6 Å². The molecule has 0 aromatic carbocycles. The molecule has 0 saturated heterocycles. The Bertz CT molecular complexity index is 414. The molecule has 1 aromatic heterocycles. The van der Waals surface area contributed by atoms with Crippen LogP contribution in [-0.2, 0) is 0 Å². The van der Waals surface area contributed by atoms with Crippen molar-refractivity contribution in [3.05, 3.63) is 28.4 Å². The number of nitrogens with zero attached hydrogens (tertiary/aromatic N) is 2. The van der Waals surface area contributed by atoms with Crippen LogP contribution >= 0.6 is 0 Å². The first-order chi connectivity index (χ1) is 7.83. The smallest absolute Gasteiger partial charge is 0.324 e. The van der Waals surface area contributed by atoms with Crippen LogP contribution in [0.4, 0.5) is 29.1 Å². The van der Waals surface area contributed by atoms with Gasteiger partial charge in [0.25, 0.3) is 5.69 Å². The zero-order valence-corrected chi connectivity index (χ0v) is 8.24. The van der Waals surface area contributed by atoms with Crippen molar-refractivity contribution in [1.82, 2.24) is 4.98 Å². The van der Waals surface area contributed by atoms with E-state index in [0.29, 0.717) is 0 Å². The van der Waals surface area contributed by atoms with Crippen LogP contribution < -0.4 is 5.32 Å². The molecule has 0 amide bonds. The van der Waals surface area contributed by atoms with Crippen LogP contribution in [0.3, 0.4) is 0 Å². The van der Waals surface area contributed by atoms with Crippen molar-refractivity contribution in [3.63, 3.8) is 0 Å². The van der Waals surface area contributed by atoms with Gasteiger partial charge in [-0.3, -0.25) is 10.1 Å². The molecule has 9 heteroatoms. The number of hydrogen-bond acceptors (Lipinski definition) is 4. The molecule has 17 heavy (non-hydrogen) atoms. The normalized spacial score (nSPS) is 11.6. The second kappa shape index (κ2) is 4.93. The fraction of sp³-hybridized carbons (Fsp3) is 0.375. The number of aromatic nitrogens is 1. The van der Waals surface area contributed by atoms with Gasteiger partial charge in [-0.15, -0.1) is 0 Å². The van der Waals surface area contributed by atoms with Crippen LogP contribution in [0.15, 0.2) is 18.3 Å². The number of rotatable bonds is 5. The van der Waals surface area contributed by atoms with Crippen molar-refractivity contribution < 1.29 is 22.5 Å². The first kappa shape index (κ1) is 13.1. The molecule has 0 aliphatic rings. The maximum absolute atomic E-state index is 12.5. The average Bonchev–Trinajstić information content (AvgIpc) is 2.26. The molecule has 0 aliphatic heterocycles. The lowest BCUT2D eigenvalue weighted by Crippen LogP contribution is -2.35. The molecule has 1 aromatic rings. The molecule has 0 radical (unpaired) electrons. The summed E-state index contributed by atoms with van der Waals surface area (Å²) >= 11 is 0. The summed E-state index contributed by atoms with van der Waals surface area (Å²) in [7, 11) is 0. The molecule has 0 saturated carbocycles. The Hall–Kier alpha value is -1.93. The van der Waals surface area contributed by atoms with E-state index in [1.165, 1.54) is 0 Å². The number of anilines is 1. The van der Waals surface area contributed by atoms with Gasteiger partial charge in [-0.05, 0) is 0 Å². The molecule has 94 valence electrons. The number of hydrogen-bond donors (Lipinski definition) is 1. The molecule has 0 bridgehead atoms. The summed E-state index contributed by atoms with van der Waals surface area (Å²) in [6.45, 7) is -1.35. The topological polar surface area (TPSA) is 68.1 Å². The highest BCUT2D eigenvalue weighted by Crippen LogP contribution is 2.23. The lowest BCUT2D eigenvalue weighted by molar-refractivity contribution is -0.384. The third kappa shape index (κ3) is 3.54. The van der Waals surface area contributed by atoms with Crippen molar-refractivity contribution in [2.75, 3.05) is 11.9 Å². The molecule has 0 atom stereocenters. The van der Waals surface area contributed by atoms with E-state index < -0.39 is 23.8 Å². The molecule has 0 spiro atoms. The number of alkyl halides is 4. The van der Waals surface area contributed by atoms with E-state index in [0.717, 1.165) is 18.3 Å². The van der Waals surface area contributed by atoms with E-state index in [1.54, 1.807) is 0 Å². The number of nitro groups is 1. The minimum Gasteiger partial charge on any atom is -0.364 e. The van der Waals surface area contributed by atoms with Gasteiger partial charge in [0.05, 0.1) is 17.5 Å². The maximum Gasteiger partial charge on any atom is 0.324 e. The fourth-order valence-electron chi connectivity index (χ4n) is 0.915. The van der Waals surface area contributed by atoms with Crippen molar-refractivity contribution in [2.24, 2.45) is 0 Å². The van der Waals surface area contributed by atoms with Crippen molar-refractivity contribution in [2.45, 2.75) is 12.3 Å². The highest BCUT2D eigenvalue weighted by molar-refractivity contribution is 5.44. The quantitative estimate of drug-likeness (QED) is 0.496. The molecule has 1 heterocycles. The van der Waals surface area contributed by atoms with E-state index >= 15 is 0 Å². The highest BCUT2D eigenvalue weighted by Gasteiger charge is 2.40. The lowest BCUT2D eigenvalue weighted by atomic mass is 10.3. The van der Waals surface area contributed by atoms with Gasteiger partial charge in [-0.2, -0.15) is 8.78 Å². The third-order valence-electron chi connectivity index (χ3n) is 1.78. The highest BCUT2D eigenvalue weighted by atomic mass is 19.3. The van der Waals surface area contributed by atoms with Gasteiger partial charge in [-0.25, -0.2) is 13.8 Å². The predicted molar refractivity (Wildman–Crippen MR) is 50.3 cm³/mol. The third-order valence-corrected chi connectivity index (χ3v) is 1.78. The molecule has 1 rings (SSSR count). The van der Waals surface area contributed by atoms with Crippen molar-refractivity contribution in [1.29, 1.82) is 0 Å². The summed E-state index contributed by atoms with van der Waals surface area (Å²) in [4.78, 5) is 13.1. The molecule has 0 fully saturated rings. The Morgan fingerprint density at radius 3 is 2.71 bits per heavy atom. The Kier molecular flexibility index (Phi) is 3.81. The monoisotopic (exact) mass is 253 g/mol. The zero-order chi connectivity index (χ0) is 13.1. The van der Waals surface area contributed by atoms with Crippen molar-refractivity contribution in [3.8, 4) is 0 Å². The summed E-state index contributed by atoms with van der Waals surface area (Å²) in [6, 6.07) is 1.93. The van der Waals surface area contributed by atoms with Gasteiger partial charge in [-0.1, -0.05) is 0 Å². The largest absolute Gasteiger partial charge is 0.364 e. The minimum atomic E-state index is -4.22. The van der Waals surface area contributed by atoms with Gasteiger partial charge in [0.15, 0.2) is 0 Å². The van der Waals surface area contributed by atoms with E-state index in [2.05, 4.69) is 4.98 Å². The maximum atomic E-state index is 12.5. The molecular weight excluding hydrogens is 246 g/mol. The van der Waals surface area contributed by atoms with Crippen LogP contribution in [-0.4, -0.2) is 28.8 Å². The SMILES string of the molecule is O=[N+]([O-])c1ccnc(NCC(F)(F)C(F)F)c1. The van der Waals surface area contributed by atoms with Gasteiger partial charge < -0.3 is 5.32 Å². The molecule has 5 nitrogen and oxygen atoms in total. The summed E-state index contributed by atoms with van der Waals surface area (Å²) < 4.78 is 48.6. The average molecular weight is 253 g/mol. The summed E-state index contributed by atoms with van der Waals surface area (Å²) in [5.41, 5.74) is -0.372. The van der Waals surface area contributed by atoms with Crippen LogP contribution in [0, 0.1) is 10.1 Å².